The van der Waals surface area contributed by atoms with Gasteiger partial charge >= 0.3 is 12.4 Å². The number of hydrogen-bond donors (Lipinski definition) is 1. The topological polar surface area (TPSA) is 81.9 Å². The van der Waals surface area contributed by atoms with Gasteiger partial charge in [0.15, 0.2) is 6.17 Å². The average Bonchev–Trinajstić information content (AvgIpc) is 3.58. The molecule has 3 unspecified atom stereocenters. The lowest BCUT2D eigenvalue weighted by Gasteiger charge is -2.27. The van der Waals surface area contributed by atoms with Crippen molar-refractivity contribution in [2.75, 3.05) is 27.2 Å². The van der Waals surface area contributed by atoms with E-state index in [2.05, 4.69) is 20.8 Å². The van der Waals surface area contributed by atoms with E-state index in [0.29, 0.717) is 36.4 Å². The lowest BCUT2D eigenvalue weighted by atomic mass is 9.87. The molecule has 6 atom stereocenters. The number of ether oxygens (including phenoxy) is 1. The summed E-state index contributed by atoms with van der Waals surface area (Å²) in [7, 11) is 3.71. The van der Waals surface area contributed by atoms with Gasteiger partial charge in [0.2, 0.25) is 5.91 Å². The zero-order chi connectivity index (χ0) is 31.3. The Morgan fingerprint density at radius 1 is 1.05 bits per heavy atom. The van der Waals surface area contributed by atoms with Crippen LogP contribution < -0.4 is 5.32 Å². The molecule has 5 rings (SSSR count). The van der Waals surface area contributed by atoms with Crippen LogP contribution in [0.2, 0.25) is 0 Å². The van der Waals surface area contributed by atoms with Gasteiger partial charge in [-0.1, -0.05) is 12.1 Å². The minimum atomic E-state index is -5.01. The van der Waals surface area contributed by atoms with Crippen molar-refractivity contribution in [3.05, 3.63) is 70.5 Å². The van der Waals surface area contributed by atoms with Crippen LogP contribution in [0.15, 0.2) is 57.9 Å². The highest BCUT2D eigenvalue weighted by Crippen LogP contribution is 2.44. The number of alkyl halides is 6. The van der Waals surface area contributed by atoms with E-state index in [0.717, 1.165) is 0 Å². The van der Waals surface area contributed by atoms with Gasteiger partial charge in [-0.05, 0) is 74.1 Å². The number of benzene rings is 2. The highest BCUT2D eigenvalue weighted by molar-refractivity contribution is 5.93. The Balaban J connectivity index is 1.40. The van der Waals surface area contributed by atoms with E-state index in [-0.39, 0.29) is 24.1 Å². The van der Waals surface area contributed by atoms with E-state index in [1.165, 1.54) is 31.2 Å². The molecular weight excluding hydrogens is 585 g/mol. The third-order valence-electron chi connectivity index (χ3n) is 7.86. The number of nitrogens with one attached hydrogen (secondary N) is 1. The van der Waals surface area contributed by atoms with Gasteiger partial charge in [0.1, 0.15) is 5.82 Å². The van der Waals surface area contributed by atoms with Crippen molar-refractivity contribution in [1.82, 2.24) is 15.1 Å². The maximum absolute atomic E-state index is 13.8. The number of fused-ring (bicyclic) bond motifs is 1. The Morgan fingerprint density at radius 3 is 2.26 bits per heavy atom. The first-order valence-corrected chi connectivity index (χ1v) is 13.5. The van der Waals surface area contributed by atoms with Crippen molar-refractivity contribution in [1.29, 1.82) is 0 Å². The van der Waals surface area contributed by atoms with Crippen LogP contribution in [0, 0.1) is 5.82 Å². The third kappa shape index (κ3) is 6.58. The number of hydrogen-bond acceptors (Lipinski definition) is 7. The molecule has 2 aromatic rings. The van der Waals surface area contributed by atoms with Gasteiger partial charge in [0, 0.05) is 25.0 Å². The minimum absolute atomic E-state index is 0.0317. The number of amides is 1. The van der Waals surface area contributed by atoms with Gasteiger partial charge in [-0.2, -0.15) is 26.3 Å². The average molecular weight is 615 g/mol. The van der Waals surface area contributed by atoms with Gasteiger partial charge in [-0.25, -0.2) is 4.39 Å². The van der Waals surface area contributed by atoms with E-state index < -0.39 is 65.7 Å². The zero-order valence-corrected chi connectivity index (χ0v) is 23.3. The lowest BCUT2D eigenvalue weighted by Crippen LogP contribution is -2.47. The number of carbonyl (C=O) groups excluding carboxylic acids is 1. The zero-order valence-electron chi connectivity index (χ0n) is 23.3. The molecule has 3 aliphatic heterocycles. The summed E-state index contributed by atoms with van der Waals surface area (Å²) in [5.74, 6) is -1.29. The standard InChI is InChI=1S/C28H29F7N6O2/c1-14(16-8-17(27(30,31)32)10-18(9-16)28(33,34)35)43-23-13-41-22(24(23)15-4-6-19(29)7-5-15)11-20(26(41)42)36-25-21(12-40(2)3)37-39-38-25/h4-10,14,20,22-25,36H,11-13H2,1-3H3/t14-,20?,22?,23+,24+,25?/m1/s1. The van der Waals surface area contributed by atoms with Gasteiger partial charge in [0.25, 0.3) is 0 Å². The normalized spacial score (nSPS) is 26.4. The smallest absolute Gasteiger partial charge is 0.368 e. The molecule has 43 heavy (non-hydrogen) atoms. The molecular formula is C28H29F7N6O2. The maximum atomic E-state index is 13.8. The monoisotopic (exact) mass is 614 g/mol. The Morgan fingerprint density at radius 2 is 1.67 bits per heavy atom. The molecule has 0 aromatic heterocycles. The van der Waals surface area contributed by atoms with E-state index in [1.54, 1.807) is 4.90 Å². The molecule has 3 aliphatic rings. The second-order valence-electron chi connectivity index (χ2n) is 11.2. The molecule has 2 aromatic carbocycles. The van der Waals surface area contributed by atoms with Crippen molar-refractivity contribution in [2.45, 2.75) is 62.1 Å². The molecule has 232 valence electrons. The fourth-order valence-corrected chi connectivity index (χ4v) is 5.92. The number of nitrogens with zero attached hydrogens (tertiary/aromatic N) is 5. The van der Waals surface area contributed by atoms with Crippen LogP contribution in [0.3, 0.4) is 0 Å². The first-order valence-electron chi connectivity index (χ1n) is 13.5. The van der Waals surface area contributed by atoms with E-state index >= 15 is 0 Å². The van der Waals surface area contributed by atoms with E-state index in [1.807, 2.05) is 19.0 Å². The molecule has 1 amide bonds. The molecule has 0 aliphatic carbocycles. The van der Waals surface area contributed by atoms with Crippen LogP contribution in [0.1, 0.15) is 47.6 Å². The molecule has 0 bridgehead atoms. The summed E-state index contributed by atoms with van der Waals surface area (Å²) < 4.78 is 101. The van der Waals surface area contributed by atoms with Crippen molar-refractivity contribution >= 4 is 11.6 Å². The Labute approximate surface area is 242 Å². The molecule has 0 radical (unpaired) electrons. The minimum Gasteiger partial charge on any atom is -0.368 e. The maximum Gasteiger partial charge on any atom is 0.416 e. The van der Waals surface area contributed by atoms with Crippen LogP contribution in [0.25, 0.3) is 0 Å². The number of rotatable bonds is 8. The summed E-state index contributed by atoms with van der Waals surface area (Å²) >= 11 is 0. The summed E-state index contributed by atoms with van der Waals surface area (Å²) in [5, 5.41) is 15.0. The first-order chi connectivity index (χ1) is 20.1. The molecule has 8 nitrogen and oxygen atoms in total. The second-order valence-corrected chi connectivity index (χ2v) is 11.2. The van der Waals surface area contributed by atoms with Crippen LogP contribution in [-0.4, -0.2) is 73.0 Å². The van der Waals surface area contributed by atoms with Crippen molar-refractivity contribution in [3.8, 4) is 0 Å². The van der Waals surface area contributed by atoms with Crippen molar-refractivity contribution in [2.24, 2.45) is 15.4 Å². The lowest BCUT2D eigenvalue weighted by molar-refractivity contribution is -0.143. The molecule has 0 spiro atoms. The van der Waals surface area contributed by atoms with Gasteiger partial charge < -0.3 is 14.5 Å². The first kappa shape index (κ1) is 31.0. The van der Waals surface area contributed by atoms with Crippen molar-refractivity contribution < 1.29 is 40.3 Å². The van der Waals surface area contributed by atoms with Gasteiger partial charge in [-0.3, -0.25) is 10.1 Å². The Hall–Kier alpha value is -3.43. The summed E-state index contributed by atoms with van der Waals surface area (Å²) in [5.41, 5.74) is -1.94. The largest absolute Gasteiger partial charge is 0.416 e. The highest BCUT2D eigenvalue weighted by atomic mass is 19.4. The second kappa shape index (κ2) is 11.6. The summed E-state index contributed by atoms with van der Waals surface area (Å²) in [6.07, 6.45) is -12.3. The summed E-state index contributed by atoms with van der Waals surface area (Å²) in [6, 6.07) is 5.81. The van der Waals surface area contributed by atoms with Crippen LogP contribution >= 0.6 is 0 Å². The number of halogens is 7. The quantitative estimate of drug-likeness (QED) is 0.406. The molecule has 2 fully saturated rings. The summed E-state index contributed by atoms with van der Waals surface area (Å²) in [6.45, 7) is 1.87. The molecule has 0 saturated carbocycles. The molecule has 3 heterocycles. The SMILES string of the molecule is C[C@@H](O[C@H]1CN2C(=O)C(NC3N=NN=C3CN(C)C)CC2[C@@H]1c1ccc(F)cc1)c1cc(C(F)(F)F)cc(C(F)(F)F)c1. The Kier molecular flexibility index (Phi) is 8.35. The predicted octanol–water partition coefficient (Wildman–Crippen LogP) is 5.38. The molecule has 2 saturated heterocycles. The molecule has 1 N–H and O–H groups in total. The van der Waals surface area contributed by atoms with Crippen molar-refractivity contribution in [3.63, 3.8) is 0 Å². The highest BCUT2D eigenvalue weighted by Gasteiger charge is 2.53. The van der Waals surface area contributed by atoms with Gasteiger partial charge in [0.05, 0.1) is 35.1 Å². The predicted molar refractivity (Wildman–Crippen MR) is 141 cm³/mol. The number of carbonyl (C=O) groups is 1. The third-order valence-corrected chi connectivity index (χ3v) is 7.86. The fourth-order valence-electron chi connectivity index (χ4n) is 5.92. The van der Waals surface area contributed by atoms with E-state index in [4.69, 9.17) is 4.74 Å². The van der Waals surface area contributed by atoms with Gasteiger partial charge in [-0.15, -0.1) is 10.2 Å². The molecule has 15 heteroatoms. The van der Waals surface area contributed by atoms with Crippen LogP contribution in [0.5, 0.6) is 0 Å². The van der Waals surface area contributed by atoms with Crippen LogP contribution in [0.4, 0.5) is 30.7 Å². The summed E-state index contributed by atoms with van der Waals surface area (Å²) in [4.78, 5) is 17.0. The van der Waals surface area contributed by atoms with E-state index in [9.17, 15) is 35.5 Å². The Bertz CT molecular complexity index is 1380. The van der Waals surface area contributed by atoms with Crippen LogP contribution in [-0.2, 0) is 21.9 Å². The fraction of sp³-hybridized carbons (Fsp3) is 0.500.